The Morgan fingerprint density at radius 3 is 2.75 bits per heavy atom. The Labute approximate surface area is 116 Å². The first-order valence-corrected chi connectivity index (χ1v) is 7.55. The summed E-state index contributed by atoms with van der Waals surface area (Å²) in [5.74, 6) is -2.21. The SMILES string of the molecule is NC1CCCN(S(=O)(=O)c2cc(F)ccc2C(=O)O)C1. The molecule has 1 atom stereocenters. The highest BCUT2D eigenvalue weighted by Gasteiger charge is 2.32. The third-order valence-electron chi connectivity index (χ3n) is 3.21. The van der Waals surface area contributed by atoms with Crippen LogP contribution in [0.4, 0.5) is 4.39 Å². The maximum Gasteiger partial charge on any atom is 0.337 e. The fourth-order valence-corrected chi connectivity index (χ4v) is 3.95. The number of benzene rings is 1. The van der Waals surface area contributed by atoms with E-state index in [1.165, 1.54) is 0 Å². The van der Waals surface area contributed by atoms with Crippen molar-refractivity contribution >= 4 is 16.0 Å². The lowest BCUT2D eigenvalue weighted by Gasteiger charge is -2.30. The van der Waals surface area contributed by atoms with E-state index >= 15 is 0 Å². The fraction of sp³-hybridized carbons (Fsp3) is 0.417. The summed E-state index contributed by atoms with van der Waals surface area (Å²) < 4.78 is 39.3. The molecule has 0 amide bonds. The quantitative estimate of drug-likeness (QED) is 0.853. The topological polar surface area (TPSA) is 101 Å². The molecule has 110 valence electrons. The van der Waals surface area contributed by atoms with E-state index in [0.29, 0.717) is 12.8 Å². The van der Waals surface area contributed by atoms with E-state index in [9.17, 15) is 17.6 Å². The van der Waals surface area contributed by atoms with Crippen molar-refractivity contribution in [2.24, 2.45) is 5.73 Å². The summed E-state index contributed by atoms with van der Waals surface area (Å²) in [5.41, 5.74) is 5.29. The summed E-state index contributed by atoms with van der Waals surface area (Å²) in [6.07, 6.45) is 1.30. The van der Waals surface area contributed by atoms with Crippen molar-refractivity contribution in [1.29, 1.82) is 0 Å². The van der Waals surface area contributed by atoms with Crippen LogP contribution >= 0.6 is 0 Å². The van der Waals surface area contributed by atoms with Gasteiger partial charge in [-0.25, -0.2) is 17.6 Å². The summed E-state index contributed by atoms with van der Waals surface area (Å²) in [6.45, 7) is 0.365. The molecular formula is C12H15FN2O4S. The smallest absolute Gasteiger partial charge is 0.337 e. The molecule has 2 rings (SSSR count). The van der Waals surface area contributed by atoms with Crippen LogP contribution in [0.3, 0.4) is 0 Å². The molecule has 0 saturated carbocycles. The van der Waals surface area contributed by atoms with Crippen LogP contribution in [-0.4, -0.2) is 42.9 Å². The van der Waals surface area contributed by atoms with E-state index in [2.05, 4.69) is 0 Å². The zero-order chi connectivity index (χ0) is 14.9. The van der Waals surface area contributed by atoms with Gasteiger partial charge in [-0.05, 0) is 31.0 Å². The Hall–Kier alpha value is -1.51. The van der Waals surface area contributed by atoms with E-state index in [-0.39, 0.29) is 19.1 Å². The monoisotopic (exact) mass is 302 g/mol. The largest absolute Gasteiger partial charge is 0.478 e. The number of carboxylic acids is 1. The molecule has 1 fully saturated rings. The van der Waals surface area contributed by atoms with Crippen molar-refractivity contribution in [3.05, 3.63) is 29.6 Å². The minimum absolute atomic E-state index is 0.109. The molecule has 6 nitrogen and oxygen atoms in total. The number of sulfonamides is 1. The van der Waals surface area contributed by atoms with Crippen molar-refractivity contribution in [1.82, 2.24) is 4.31 Å². The number of aromatic carboxylic acids is 1. The van der Waals surface area contributed by atoms with Gasteiger partial charge in [0.1, 0.15) is 5.82 Å². The summed E-state index contributed by atoms with van der Waals surface area (Å²) >= 11 is 0. The Kier molecular flexibility index (Phi) is 4.07. The average molecular weight is 302 g/mol. The highest BCUT2D eigenvalue weighted by molar-refractivity contribution is 7.89. The van der Waals surface area contributed by atoms with Crippen LogP contribution in [-0.2, 0) is 10.0 Å². The minimum Gasteiger partial charge on any atom is -0.478 e. The molecular weight excluding hydrogens is 287 g/mol. The number of piperidine rings is 1. The molecule has 0 aromatic heterocycles. The second-order valence-electron chi connectivity index (χ2n) is 4.71. The molecule has 1 aliphatic rings. The lowest BCUT2D eigenvalue weighted by Crippen LogP contribution is -2.45. The summed E-state index contributed by atoms with van der Waals surface area (Å²) in [5, 5.41) is 9.04. The Bertz CT molecular complexity index is 632. The lowest BCUT2D eigenvalue weighted by atomic mass is 10.1. The highest BCUT2D eigenvalue weighted by Crippen LogP contribution is 2.24. The zero-order valence-corrected chi connectivity index (χ0v) is 11.4. The van der Waals surface area contributed by atoms with Crippen molar-refractivity contribution in [3.8, 4) is 0 Å². The summed E-state index contributed by atoms with van der Waals surface area (Å²) in [4.78, 5) is 10.6. The van der Waals surface area contributed by atoms with E-state index in [1.54, 1.807) is 0 Å². The normalized spacial score (nSPS) is 20.8. The van der Waals surface area contributed by atoms with Gasteiger partial charge in [-0.15, -0.1) is 0 Å². The molecule has 1 aromatic rings. The van der Waals surface area contributed by atoms with Crippen molar-refractivity contribution in [2.45, 2.75) is 23.8 Å². The van der Waals surface area contributed by atoms with E-state index < -0.39 is 32.3 Å². The number of hydrogen-bond donors (Lipinski definition) is 2. The molecule has 0 aliphatic carbocycles. The van der Waals surface area contributed by atoms with Crippen LogP contribution in [0.15, 0.2) is 23.1 Å². The molecule has 1 aromatic carbocycles. The van der Waals surface area contributed by atoms with E-state index in [0.717, 1.165) is 22.5 Å². The molecule has 0 bridgehead atoms. The minimum atomic E-state index is -4.06. The molecule has 1 unspecified atom stereocenters. The molecule has 1 aliphatic heterocycles. The van der Waals surface area contributed by atoms with Crippen molar-refractivity contribution < 1.29 is 22.7 Å². The Morgan fingerprint density at radius 1 is 1.45 bits per heavy atom. The average Bonchev–Trinajstić information content (AvgIpc) is 2.38. The number of hydrogen-bond acceptors (Lipinski definition) is 4. The third-order valence-corrected chi connectivity index (χ3v) is 5.12. The zero-order valence-electron chi connectivity index (χ0n) is 10.6. The van der Waals surface area contributed by atoms with Gasteiger partial charge in [0.05, 0.1) is 10.5 Å². The molecule has 1 saturated heterocycles. The second kappa shape index (κ2) is 5.47. The van der Waals surface area contributed by atoms with Crippen LogP contribution in [0, 0.1) is 5.82 Å². The van der Waals surface area contributed by atoms with Gasteiger partial charge in [0.15, 0.2) is 0 Å². The maximum absolute atomic E-state index is 13.3. The van der Waals surface area contributed by atoms with Crippen LogP contribution in [0.5, 0.6) is 0 Å². The van der Waals surface area contributed by atoms with Gasteiger partial charge in [-0.2, -0.15) is 4.31 Å². The number of rotatable bonds is 3. The summed E-state index contributed by atoms with van der Waals surface area (Å²) in [6, 6.07) is 2.32. The third kappa shape index (κ3) is 2.82. The van der Waals surface area contributed by atoms with Gasteiger partial charge in [0, 0.05) is 19.1 Å². The molecule has 3 N–H and O–H groups in total. The van der Waals surface area contributed by atoms with Crippen LogP contribution in [0.25, 0.3) is 0 Å². The number of carboxylic acid groups (broad SMARTS) is 1. The van der Waals surface area contributed by atoms with Gasteiger partial charge >= 0.3 is 5.97 Å². The number of carbonyl (C=O) groups is 1. The number of nitrogens with zero attached hydrogens (tertiary/aromatic N) is 1. The fourth-order valence-electron chi connectivity index (χ4n) is 2.22. The van der Waals surface area contributed by atoms with E-state index in [1.807, 2.05) is 0 Å². The standard InChI is InChI=1S/C12H15FN2O4S/c13-8-3-4-10(12(16)17)11(6-8)20(18,19)15-5-1-2-9(14)7-15/h3-4,6,9H,1-2,5,7,14H2,(H,16,17). The second-order valence-corrected chi connectivity index (χ2v) is 6.62. The van der Waals surface area contributed by atoms with Gasteiger partial charge in [-0.3, -0.25) is 0 Å². The highest BCUT2D eigenvalue weighted by atomic mass is 32.2. The predicted molar refractivity (Wildman–Crippen MR) is 69.3 cm³/mol. The molecule has 0 radical (unpaired) electrons. The van der Waals surface area contributed by atoms with E-state index in [4.69, 9.17) is 10.8 Å². The van der Waals surface area contributed by atoms with Gasteiger partial charge in [0.2, 0.25) is 10.0 Å². The van der Waals surface area contributed by atoms with Crippen LogP contribution in [0.1, 0.15) is 23.2 Å². The van der Waals surface area contributed by atoms with Gasteiger partial charge in [0.25, 0.3) is 0 Å². The molecule has 20 heavy (non-hydrogen) atoms. The first-order chi connectivity index (χ1) is 9.32. The first kappa shape index (κ1) is 14.9. The van der Waals surface area contributed by atoms with Crippen LogP contribution < -0.4 is 5.73 Å². The molecule has 1 heterocycles. The summed E-state index contributed by atoms with van der Waals surface area (Å²) in [7, 11) is -4.06. The first-order valence-electron chi connectivity index (χ1n) is 6.11. The molecule has 8 heteroatoms. The molecule has 0 spiro atoms. The van der Waals surface area contributed by atoms with Crippen LogP contribution in [0.2, 0.25) is 0 Å². The van der Waals surface area contributed by atoms with Gasteiger partial charge < -0.3 is 10.8 Å². The lowest BCUT2D eigenvalue weighted by molar-refractivity contribution is 0.0692. The van der Waals surface area contributed by atoms with Gasteiger partial charge in [-0.1, -0.05) is 0 Å². The maximum atomic E-state index is 13.3. The number of nitrogens with two attached hydrogens (primary N) is 1. The Balaban J connectivity index is 2.48. The predicted octanol–water partition coefficient (Wildman–Crippen LogP) is 0.636. The number of halogens is 1. The Morgan fingerprint density at radius 2 is 2.15 bits per heavy atom. The van der Waals surface area contributed by atoms with Crippen molar-refractivity contribution in [2.75, 3.05) is 13.1 Å². The van der Waals surface area contributed by atoms with Crippen molar-refractivity contribution in [3.63, 3.8) is 0 Å².